The Balaban J connectivity index is 4.09. The smallest absolute Gasteiger partial charge is 0.0622 e. The van der Waals surface area contributed by atoms with Crippen LogP contribution in [0.15, 0.2) is 0 Å². The molecule has 2 nitrogen and oxygen atoms in total. The van der Waals surface area contributed by atoms with E-state index in [0.29, 0.717) is 6.04 Å². The van der Waals surface area contributed by atoms with E-state index in [-0.39, 0.29) is 0 Å². The van der Waals surface area contributed by atoms with Crippen molar-refractivity contribution in [2.45, 2.75) is 59.4 Å². The summed E-state index contributed by atoms with van der Waals surface area (Å²) in [6.07, 6.45) is 5.19. The molecule has 2 heteroatoms. The van der Waals surface area contributed by atoms with Gasteiger partial charge in [0.1, 0.15) is 0 Å². The maximum Gasteiger partial charge on any atom is 0.0622 e. The Bertz CT molecular complexity index is 122. The average molecular weight is 215 g/mol. The van der Waals surface area contributed by atoms with Crippen LogP contribution in [0, 0.1) is 5.92 Å². The fourth-order valence-corrected chi connectivity index (χ4v) is 2.16. The minimum atomic E-state index is 0.551. The normalized spacial score (nSPS) is 13.4. The van der Waals surface area contributed by atoms with Crippen molar-refractivity contribution >= 4 is 0 Å². The number of likely N-dealkylation sites (N-methyl/N-ethyl adjacent to an activating group) is 1. The molecule has 0 rings (SSSR count). The maximum atomic E-state index is 5.56. The molecule has 0 aliphatic rings. The van der Waals surface area contributed by atoms with Crippen LogP contribution >= 0.6 is 0 Å². The highest BCUT2D eigenvalue weighted by atomic mass is 16.5. The monoisotopic (exact) mass is 215 g/mol. The number of rotatable bonds is 10. The number of hydrogen-bond acceptors (Lipinski definition) is 2. The van der Waals surface area contributed by atoms with Crippen molar-refractivity contribution in [1.82, 2.24) is 5.32 Å². The lowest BCUT2D eigenvalue weighted by Gasteiger charge is -2.27. The first-order valence-electron chi connectivity index (χ1n) is 6.61. The highest BCUT2D eigenvalue weighted by Crippen LogP contribution is 2.18. The van der Waals surface area contributed by atoms with Crippen LogP contribution in [0.1, 0.15) is 53.4 Å². The summed E-state index contributed by atoms with van der Waals surface area (Å²) in [5, 5.41) is 3.56. The third-order valence-corrected chi connectivity index (χ3v) is 2.86. The molecule has 0 bridgehead atoms. The van der Waals surface area contributed by atoms with Crippen LogP contribution < -0.4 is 5.32 Å². The zero-order valence-corrected chi connectivity index (χ0v) is 11.0. The molecule has 1 N–H and O–H groups in total. The SMILES string of the molecule is CCCC(CCC)C(COCC)NCC. The molecule has 0 aromatic carbocycles. The molecule has 0 radical (unpaired) electrons. The second-order valence-corrected chi connectivity index (χ2v) is 4.16. The number of nitrogens with one attached hydrogen (secondary N) is 1. The fraction of sp³-hybridized carbons (Fsp3) is 1.00. The van der Waals surface area contributed by atoms with Crippen molar-refractivity contribution < 1.29 is 4.74 Å². The Morgan fingerprint density at radius 3 is 2.00 bits per heavy atom. The molecule has 0 saturated heterocycles. The summed E-state index contributed by atoms with van der Waals surface area (Å²) >= 11 is 0. The minimum absolute atomic E-state index is 0.551. The molecule has 92 valence electrons. The Hall–Kier alpha value is -0.0800. The van der Waals surface area contributed by atoms with Gasteiger partial charge in [0.15, 0.2) is 0 Å². The van der Waals surface area contributed by atoms with Crippen LogP contribution in [-0.2, 0) is 4.74 Å². The van der Waals surface area contributed by atoms with Gasteiger partial charge in [-0.15, -0.1) is 0 Å². The summed E-state index contributed by atoms with van der Waals surface area (Å²) in [6, 6.07) is 0.551. The zero-order chi connectivity index (χ0) is 11.5. The van der Waals surface area contributed by atoms with Gasteiger partial charge in [-0.3, -0.25) is 0 Å². The first-order chi connectivity index (χ1) is 7.29. The van der Waals surface area contributed by atoms with E-state index in [0.717, 1.165) is 25.7 Å². The lowest BCUT2D eigenvalue weighted by atomic mass is 9.91. The van der Waals surface area contributed by atoms with E-state index in [1.165, 1.54) is 25.7 Å². The van der Waals surface area contributed by atoms with Crippen molar-refractivity contribution in [2.24, 2.45) is 5.92 Å². The molecule has 0 aliphatic heterocycles. The van der Waals surface area contributed by atoms with Gasteiger partial charge in [-0.05, 0) is 32.2 Å². The van der Waals surface area contributed by atoms with Crippen molar-refractivity contribution in [3.63, 3.8) is 0 Å². The van der Waals surface area contributed by atoms with E-state index in [9.17, 15) is 0 Å². The van der Waals surface area contributed by atoms with Gasteiger partial charge >= 0.3 is 0 Å². The molecule has 1 atom stereocenters. The van der Waals surface area contributed by atoms with Gasteiger partial charge in [-0.25, -0.2) is 0 Å². The summed E-state index contributed by atoms with van der Waals surface area (Å²) in [5.41, 5.74) is 0. The largest absolute Gasteiger partial charge is 0.380 e. The first kappa shape index (κ1) is 14.9. The summed E-state index contributed by atoms with van der Waals surface area (Å²) in [5.74, 6) is 0.784. The topological polar surface area (TPSA) is 21.3 Å². The second kappa shape index (κ2) is 10.4. The van der Waals surface area contributed by atoms with Crippen molar-refractivity contribution in [2.75, 3.05) is 19.8 Å². The Labute approximate surface area is 95.8 Å². The van der Waals surface area contributed by atoms with Crippen LogP contribution in [0.4, 0.5) is 0 Å². The standard InChI is InChI=1S/C13H29NO/c1-5-9-12(10-6-2)13(14-7-3)11-15-8-4/h12-14H,5-11H2,1-4H3. The summed E-state index contributed by atoms with van der Waals surface area (Å²) in [4.78, 5) is 0. The van der Waals surface area contributed by atoms with Gasteiger partial charge in [-0.1, -0.05) is 33.6 Å². The highest BCUT2D eigenvalue weighted by Gasteiger charge is 2.18. The Morgan fingerprint density at radius 1 is 1.00 bits per heavy atom. The molecule has 0 heterocycles. The van der Waals surface area contributed by atoms with E-state index in [1.807, 2.05) is 0 Å². The quantitative estimate of drug-likeness (QED) is 0.604. The van der Waals surface area contributed by atoms with Gasteiger partial charge < -0.3 is 10.1 Å². The molecular weight excluding hydrogens is 186 g/mol. The van der Waals surface area contributed by atoms with E-state index in [1.54, 1.807) is 0 Å². The van der Waals surface area contributed by atoms with E-state index >= 15 is 0 Å². The molecule has 0 spiro atoms. The first-order valence-corrected chi connectivity index (χ1v) is 6.61. The average Bonchev–Trinajstić information content (AvgIpc) is 2.24. The van der Waals surface area contributed by atoms with Gasteiger partial charge in [0, 0.05) is 12.6 Å². The molecule has 0 amide bonds. The van der Waals surface area contributed by atoms with Crippen molar-refractivity contribution in [3.8, 4) is 0 Å². The van der Waals surface area contributed by atoms with Gasteiger partial charge in [0.05, 0.1) is 6.61 Å². The number of hydrogen-bond donors (Lipinski definition) is 1. The summed E-state index contributed by atoms with van der Waals surface area (Å²) < 4.78 is 5.56. The molecule has 0 saturated carbocycles. The molecule has 0 aromatic heterocycles. The minimum Gasteiger partial charge on any atom is -0.380 e. The molecule has 15 heavy (non-hydrogen) atoms. The molecule has 0 fully saturated rings. The van der Waals surface area contributed by atoms with E-state index in [2.05, 4.69) is 33.0 Å². The molecular formula is C13H29NO. The third kappa shape index (κ3) is 6.91. The third-order valence-electron chi connectivity index (χ3n) is 2.86. The van der Waals surface area contributed by atoms with Crippen LogP contribution in [0.3, 0.4) is 0 Å². The van der Waals surface area contributed by atoms with E-state index in [4.69, 9.17) is 4.74 Å². The van der Waals surface area contributed by atoms with Crippen LogP contribution in [-0.4, -0.2) is 25.8 Å². The molecule has 0 aromatic rings. The van der Waals surface area contributed by atoms with Gasteiger partial charge in [-0.2, -0.15) is 0 Å². The summed E-state index contributed by atoms with van der Waals surface area (Å²) in [7, 11) is 0. The summed E-state index contributed by atoms with van der Waals surface area (Å²) in [6.45, 7) is 11.5. The predicted octanol–water partition coefficient (Wildman–Crippen LogP) is 3.22. The zero-order valence-electron chi connectivity index (χ0n) is 11.0. The van der Waals surface area contributed by atoms with Crippen molar-refractivity contribution in [3.05, 3.63) is 0 Å². The van der Waals surface area contributed by atoms with Crippen molar-refractivity contribution in [1.29, 1.82) is 0 Å². The Kier molecular flexibility index (Phi) is 10.4. The van der Waals surface area contributed by atoms with Gasteiger partial charge in [0.2, 0.25) is 0 Å². The maximum absolute atomic E-state index is 5.56. The lowest BCUT2D eigenvalue weighted by Crippen LogP contribution is -2.40. The van der Waals surface area contributed by atoms with Gasteiger partial charge in [0.25, 0.3) is 0 Å². The van der Waals surface area contributed by atoms with Crippen LogP contribution in [0.2, 0.25) is 0 Å². The lowest BCUT2D eigenvalue weighted by molar-refractivity contribution is 0.0985. The number of ether oxygens (including phenoxy) is 1. The fourth-order valence-electron chi connectivity index (χ4n) is 2.16. The Morgan fingerprint density at radius 2 is 1.60 bits per heavy atom. The molecule has 0 aliphatic carbocycles. The van der Waals surface area contributed by atoms with E-state index < -0.39 is 0 Å². The second-order valence-electron chi connectivity index (χ2n) is 4.16. The molecule has 1 unspecified atom stereocenters. The predicted molar refractivity (Wildman–Crippen MR) is 67.3 cm³/mol. The van der Waals surface area contributed by atoms with Crippen LogP contribution in [0.25, 0.3) is 0 Å². The van der Waals surface area contributed by atoms with Crippen LogP contribution in [0.5, 0.6) is 0 Å². The highest BCUT2D eigenvalue weighted by molar-refractivity contribution is 4.75.